The number of halogens is 1. The third kappa shape index (κ3) is 4.56. The maximum atomic E-state index is 12.7. The fourth-order valence-corrected chi connectivity index (χ4v) is 2.78. The summed E-state index contributed by atoms with van der Waals surface area (Å²) in [5, 5.41) is 0. The van der Waals surface area contributed by atoms with Gasteiger partial charge in [0.05, 0.1) is 0 Å². The predicted molar refractivity (Wildman–Crippen MR) is 95.4 cm³/mol. The van der Waals surface area contributed by atoms with Crippen molar-refractivity contribution in [2.75, 3.05) is 6.54 Å². The number of nitrogens with zero attached hydrogens (tertiary/aromatic N) is 1. The number of rotatable bonds is 5. The number of hydrogen-bond acceptors (Lipinski definition) is 1. The van der Waals surface area contributed by atoms with E-state index in [4.69, 9.17) is 0 Å². The molecule has 0 saturated heterocycles. The lowest BCUT2D eigenvalue weighted by molar-refractivity contribution is 0.0743. The molecule has 2 aromatic rings. The Morgan fingerprint density at radius 1 is 1.14 bits per heavy atom. The average molecular weight is 393 g/mol. The first-order chi connectivity index (χ1) is 10.1. The second kappa shape index (κ2) is 7.59. The van der Waals surface area contributed by atoms with Gasteiger partial charge in [0, 0.05) is 22.2 Å². The largest absolute Gasteiger partial charge is 0.334 e. The molecular formula is C18H20INO. The molecule has 0 atom stereocenters. The van der Waals surface area contributed by atoms with Crippen LogP contribution in [0.1, 0.15) is 34.8 Å². The van der Waals surface area contributed by atoms with Crippen LogP contribution in [0.3, 0.4) is 0 Å². The minimum Gasteiger partial charge on any atom is -0.334 e. The fourth-order valence-electron chi connectivity index (χ4n) is 2.24. The van der Waals surface area contributed by atoms with Crippen molar-refractivity contribution in [3.63, 3.8) is 0 Å². The number of aryl methyl sites for hydroxylation is 1. The minimum absolute atomic E-state index is 0.107. The molecule has 0 fully saturated rings. The topological polar surface area (TPSA) is 20.3 Å². The van der Waals surface area contributed by atoms with Crippen LogP contribution in [-0.2, 0) is 6.54 Å². The second-order valence-electron chi connectivity index (χ2n) is 5.22. The molecule has 0 aliphatic carbocycles. The molecule has 0 aromatic heterocycles. The molecule has 0 unspecified atom stereocenters. The molecule has 0 heterocycles. The van der Waals surface area contributed by atoms with E-state index in [0.717, 1.165) is 22.1 Å². The molecule has 1 amide bonds. The van der Waals surface area contributed by atoms with Gasteiger partial charge in [0.15, 0.2) is 0 Å². The lowest BCUT2D eigenvalue weighted by Crippen LogP contribution is -2.31. The molecule has 0 bridgehead atoms. The van der Waals surface area contributed by atoms with Crippen LogP contribution >= 0.6 is 22.6 Å². The molecule has 0 radical (unpaired) electrons. The van der Waals surface area contributed by atoms with E-state index in [0.29, 0.717) is 6.54 Å². The summed E-state index contributed by atoms with van der Waals surface area (Å²) in [6.45, 7) is 5.62. The maximum absolute atomic E-state index is 12.7. The van der Waals surface area contributed by atoms with Crippen molar-refractivity contribution in [3.05, 3.63) is 68.8 Å². The van der Waals surface area contributed by atoms with Gasteiger partial charge in [0.25, 0.3) is 5.91 Å². The third-order valence-electron chi connectivity index (χ3n) is 3.35. The molecule has 0 aliphatic rings. The van der Waals surface area contributed by atoms with E-state index < -0.39 is 0 Å². The zero-order valence-electron chi connectivity index (χ0n) is 12.5. The van der Waals surface area contributed by atoms with E-state index in [2.05, 4.69) is 60.7 Å². The normalized spacial score (nSPS) is 10.4. The molecule has 3 heteroatoms. The molecule has 21 heavy (non-hydrogen) atoms. The summed E-state index contributed by atoms with van der Waals surface area (Å²) in [6.07, 6.45) is 0.960. The van der Waals surface area contributed by atoms with Gasteiger partial charge >= 0.3 is 0 Å². The Morgan fingerprint density at radius 3 is 2.48 bits per heavy atom. The van der Waals surface area contributed by atoms with Gasteiger partial charge in [-0.1, -0.05) is 42.8 Å². The van der Waals surface area contributed by atoms with Gasteiger partial charge in [-0.2, -0.15) is 0 Å². The summed E-state index contributed by atoms with van der Waals surface area (Å²) >= 11 is 2.24. The highest BCUT2D eigenvalue weighted by atomic mass is 127. The molecule has 2 nitrogen and oxygen atoms in total. The molecule has 110 valence electrons. The lowest BCUT2D eigenvalue weighted by Gasteiger charge is -2.22. The van der Waals surface area contributed by atoms with Crippen molar-refractivity contribution < 1.29 is 4.79 Å². The Hall–Kier alpha value is -1.36. The van der Waals surface area contributed by atoms with Crippen LogP contribution in [0.25, 0.3) is 0 Å². The van der Waals surface area contributed by atoms with Crippen molar-refractivity contribution in [1.29, 1.82) is 0 Å². The fraction of sp³-hybridized carbons (Fsp3) is 0.278. The predicted octanol–water partition coefficient (Wildman–Crippen LogP) is 4.65. The zero-order valence-corrected chi connectivity index (χ0v) is 14.6. The van der Waals surface area contributed by atoms with E-state index in [1.54, 1.807) is 0 Å². The van der Waals surface area contributed by atoms with Gasteiger partial charge in [-0.25, -0.2) is 0 Å². The standard InChI is InChI=1S/C18H20INO/c1-3-11-20(13-15-9-7-14(2)8-10-15)18(21)16-5-4-6-17(19)12-16/h4-10,12H,3,11,13H2,1-2H3. The summed E-state index contributed by atoms with van der Waals surface area (Å²) in [6, 6.07) is 16.2. The van der Waals surface area contributed by atoms with Gasteiger partial charge in [-0.05, 0) is 59.7 Å². The minimum atomic E-state index is 0.107. The van der Waals surface area contributed by atoms with E-state index in [1.165, 1.54) is 11.1 Å². The number of hydrogen-bond donors (Lipinski definition) is 0. The Kier molecular flexibility index (Phi) is 5.79. The summed E-state index contributed by atoms with van der Waals surface area (Å²) in [7, 11) is 0. The average Bonchev–Trinajstić information content (AvgIpc) is 2.48. The quantitative estimate of drug-likeness (QED) is 0.678. The molecular weight excluding hydrogens is 373 g/mol. The number of carbonyl (C=O) groups is 1. The highest BCUT2D eigenvalue weighted by Crippen LogP contribution is 2.14. The third-order valence-corrected chi connectivity index (χ3v) is 4.02. The Morgan fingerprint density at radius 2 is 1.86 bits per heavy atom. The van der Waals surface area contributed by atoms with E-state index in [1.807, 2.05) is 29.2 Å². The van der Waals surface area contributed by atoms with Crippen LogP contribution in [0.5, 0.6) is 0 Å². The monoisotopic (exact) mass is 393 g/mol. The summed E-state index contributed by atoms with van der Waals surface area (Å²) in [5.41, 5.74) is 3.18. The summed E-state index contributed by atoms with van der Waals surface area (Å²) in [5.74, 6) is 0.107. The summed E-state index contributed by atoms with van der Waals surface area (Å²) in [4.78, 5) is 14.6. The van der Waals surface area contributed by atoms with Crippen LogP contribution in [0.4, 0.5) is 0 Å². The molecule has 0 aliphatic heterocycles. The van der Waals surface area contributed by atoms with E-state index >= 15 is 0 Å². The van der Waals surface area contributed by atoms with Crippen molar-refractivity contribution in [3.8, 4) is 0 Å². The lowest BCUT2D eigenvalue weighted by atomic mass is 10.1. The second-order valence-corrected chi connectivity index (χ2v) is 6.47. The van der Waals surface area contributed by atoms with Crippen molar-refractivity contribution in [2.24, 2.45) is 0 Å². The molecule has 2 aromatic carbocycles. The zero-order chi connectivity index (χ0) is 15.2. The first-order valence-corrected chi connectivity index (χ1v) is 8.28. The molecule has 2 rings (SSSR count). The van der Waals surface area contributed by atoms with Gasteiger partial charge in [-0.3, -0.25) is 4.79 Å². The Bertz CT molecular complexity index is 607. The number of carbonyl (C=O) groups excluding carboxylic acids is 1. The van der Waals surface area contributed by atoms with Gasteiger partial charge < -0.3 is 4.90 Å². The van der Waals surface area contributed by atoms with Crippen molar-refractivity contribution in [1.82, 2.24) is 4.90 Å². The van der Waals surface area contributed by atoms with Crippen LogP contribution in [0.15, 0.2) is 48.5 Å². The van der Waals surface area contributed by atoms with Crippen molar-refractivity contribution in [2.45, 2.75) is 26.8 Å². The SMILES string of the molecule is CCCN(Cc1ccc(C)cc1)C(=O)c1cccc(I)c1. The molecule has 0 spiro atoms. The Labute approximate surface area is 140 Å². The van der Waals surface area contributed by atoms with Crippen LogP contribution in [0.2, 0.25) is 0 Å². The summed E-state index contributed by atoms with van der Waals surface area (Å²) < 4.78 is 1.09. The molecule has 0 saturated carbocycles. The Balaban J connectivity index is 2.18. The number of amides is 1. The number of benzene rings is 2. The molecule has 0 N–H and O–H groups in total. The van der Waals surface area contributed by atoms with Crippen LogP contribution in [0, 0.1) is 10.5 Å². The van der Waals surface area contributed by atoms with Gasteiger partial charge in [0.2, 0.25) is 0 Å². The van der Waals surface area contributed by atoms with E-state index in [-0.39, 0.29) is 5.91 Å². The van der Waals surface area contributed by atoms with Crippen LogP contribution in [-0.4, -0.2) is 17.4 Å². The maximum Gasteiger partial charge on any atom is 0.254 e. The first-order valence-electron chi connectivity index (χ1n) is 7.20. The van der Waals surface area contributed by atoms with Crippen LogP contribution < -0.4 is 0 Å². The first kappa shape index (κ1) is 16.0. The highest BCUT2D eigenvalue weighted by Gasteiger charge is 2.15. The van der Waals surface area contributed by atoms with Crippen molar-refractivity contribution >= 4 is 28.5 Å². The van der Waals surface area contributed by atoms with Gasteiger partial charge in [0.1, 0.15) is 0 Å². The van der Waals surface area contributed by atoms with E-state index in [9.17, 15) is 4.79 Å². The smallest absolute Gasteiger partial charge is 0.254 e. The highest BCUT2D eigenvalue weighted by molar-refractivity contribution is 14.1. The van der Waals surface area contributed by atoms with Gasteiger partial charge in [-0.15, -0.1) is 0 Å².